The van der Waals surface area contributed by atoms with E-state index in [1.807, 2.05) is 58.0 Å². The van der Waals surface area contributed by atoms with Crippen LogP contribution in [-0.2, 0) is 17.8 Å². The number of nitrogens with two attached hydrogens (primary N) is 2. The number of carboxylic acids is 1. The smallest absolute Gasteiger partial charge is 0.339 e. The predicted molar refractivity (Wildman–Crippen MR) is 181 cm³/mol. The molecule has 7 N–H and O–H groups in total. The third-order valence-electron chi connectivity index (χ3n) is 7.99. The molecule has 250 valence electrons. The van der Waals surface area contributed by atoms with Crippen LogP contribution >= 0.6 is 0 Å². The van der Waals surface area contributed by atoms with Crippen LogP contribution in [0.3, 0.4) is 0 Å². The van der Waals surface area contributed by atoms with Crippen LogP contribution in [0.25, 0.3) is 11.3 Å². The van der Waals surface area contributed by atoms with E-state index in [1.54, 1.807) is 42.3 Å². The Balaban J connectivity index is 0.00000111. The molecular formula is C36H45N5O6. The van der Waals surface area contributed by atoms with Crippen molar-refractivity contribution in [3.05, 3.63) is 106 Å². The van der Waals surface area contributed by atoms with E-state index in [2.05, 4.69) is 9.97 Å². The average molecular weight is 644 g/mol. The second-order valence-electron chi connectivity index (χ2n) is 11.6. The average Bonchev–Trinajstić information content (AvgIpc) is 3.55. The maximum absolute atomic E-state index is 14.0. The van der Waals surface area contributed by atoms with Gasteiger partial charge in [0.25, 0.3) is 0 Å². The standard InChI is InChI=1S/C32H35N5O5.C4H10O/c1-18-12-23(29(34)38)13-19(2)24(18)15-26(33)31(39)37(17-21-10-11-28(42-4)25(14-21)32(40)41)20(3)30-35-16-27(36-30)22-8-6-5-7-9-22;1-3-4(2)5/h5-14,16,20,26H,15,17,33H2,1-4H3,(H2,34,38)(H,35,36)(H,40,41);4-5H,3H2,1-2H3/t20-,26-;/m0./s1. The molecule has 0 saturated heterocycles. The molecule has 3 atom stereocenters. The molecule has 1 heterocycles. The lowest BCUT2D eigenvalue weighted by molar-refractivity contribution is -0.135. The molecule has 1 unspecified atom stereocenters. The zero-order chi connectivity index (χ0) is 34.8. The summed E-state index contributed by atoms with van der Waals surface area (Å²) in [6.45, 7) is 9.36. The van der Waals surface area contributed by atoms with Crippen LogP contribution in [0.5, 0.6) is 5.75 Å². The highest BCUT2D eigenvalue weighted by Crippen LogP contribution is 2.28. The largest absolute Gasteiger partial charge is 0.496 e. The van der Waals surface area contributed by atoms with Crippen molar-refractivity contribution >= 4 is 17.8 Å². The summed E-state index contributed by atoms with van der Waals surface area (Å²) in [5, 5.41) is 18.1. The van der Waals surface area contributed by atoms with Crippen LogP contribution in [0, 0.1) is 13.8 Å². The zero-order valence-corrected chi connectivity index (χ0v) is 27.8. The molecule has 0 aliphatic carbocycles. The number of benzene rings is 3. The number of aryl methyl sites for hydroxylation is 2. The number of H-pyrrole nitrogens is 1. The third kappa shape index (κ3) is 9.50. The highest BCUT2D eigenvalue weighted by molar-refractivity contribution is 5.93. The van der Waals surface area contributed by atoms with E-state index in [9.17, 15) is 19.5 Å². The minimum Gasteiger partial charge on any atom is -0.496 e. The van der Waals surface area contributed by atoms with E-state index < -0.39 is 24.0 Å². The molecule has 0 fully saturated rings. The van der Waals surface area contributed by atoms with Gasteiger partial charge in [0.05, 0.1) is 37.2 Å². The molecule has 3 aromatic carbocycles. The molecule has 0 radical (unpaired) electrons. The van der Waals surface area contributed by atoms with Crippen molar-refractivity contribution in [3.8, 4) is 17.0 Å². The normalized spacial score (nSPS) is 12.7. The number of carbonyl (C=O) groups is 3. The Labute approximate surface area is 275 Å². The molecule has 0 aliphatic rings. The van der Waals surface area contributed by atoms with Gasteiger partial charge in [-0.15, -0.1) is 0 Å². The number of aromatic carboxylic acids is 1. The molecule has 0 saturated carbocycles. The first-order chi connectivity index (χ1) is 22.3. The molecule has 1 aromatic heterocycles. The molecule has 2 amide bonds. The highest BCUT2D eigenvalue weighted by atomic mass is 16.5. The summed E-state index contributed by atoms with van der Waals surface area (Å²) < 4.78 is 5.20. The summed E-state index contributed by atoms with van der Waals surface area (Å²) in [4.78, 5) is 47.1. The number of methoxy groups -OCH3 is 1. The third-order valence-corrected chi connectivity index (χ3v) is 7.99. The number of aromatic nitrogens is 2. The second kappa shape index (κ2) is 16.5. The SMILES string of the molecule is CCC(C)O.COc1ccc(CN(C(=O)[C@@H](N)Cc2c(C)cc(C(N)=O)cc2C)[C@@H](C)c2ncc(-c3ccccc3)[nH]2)cc1C(=O)O. The lowest BCUT2D eigenvalue weighted by atomic mass is 9.93. The van der Waals surface area contributed by atoms with Crippen molar-refractivity contribution in [2.75, 3.05) is 7.11 Å². The molecule has 0 aliphatic heterocycles. The number of rotatable bonds is 12. The Morgan fingerprint density at radius 1 is 1.02 bits per heavy atom. The van der Waals surface area contributed by atoms with Crippen molar-refractivity contribution in [2.45, 2.75) is 72.2 Å². The number of ether oxygens (including phenoxy) is 1. The molecular weight excluding hydrogens is 598 g/mol. The molecule has 4 rings (SSSR count). The van der Waals surface area contributed by atoms with E-state index in [4.69, 9.17) is 21.3 Å². The number of imidazole rings is 1. The Morgan fingerprint density at radius 3 is 2.17 bits per heavy atom. The van der Waals surface area contributed by atoms with Gasteiger partial charge < -0.3 is 36.3 Å². The minimum atomic E-state index is -1.14. The topological polar surface area (TPSA) is 185 Å². The van der Waals surface area contributed by atoms with E-state index in [0.717, 1.165) is 34.4 Å². The number of carbonyl (C=O) groups excluding carboxylic acids is 2. The number of aromatic amines is 1. The Morgan fingerprint density at radius 2 is 1.64 bits per heavy atom. The van der Waals surface area contributed by atoms with Gasteiger partial charge in [-0.1, -0.05) is 43.3 Å². The maximum atomic E-state index is 14.0. The predicted octanol–water partition coefficient (Wildman–Crippen LogP) is 4.94. The number of primary amides is 1. The van der Waals surface area contributed by atoms with Gasteiger partial charge in [0.2, 0.25) is 11.8 Å². The van der Waals surface area contributed by atoms with Crippen LogP contribution in [0.1, 0.15) is 82.0 Å². The zero-order valence-electron chi connectivity index (χ0n) is 27.8. The summed E-state index contributed by atoms with van der Waals surface area (Å²) >= 11 is 0. The number of hydrogen-bond donors (Lipinski definition) is 5. The van der Waals surface area contributed by atoms with Gasteiger partial charge in [-0.25, -0.2) is 9.78 Å². The number of hydrogen-bond acceptors (Lipinski definition) is 7. The fourth-order valence-electron chi connectivity index (χ4n) is 5.06. The number of nitrogens with zero attached hydrogens (tertiary/aromatic N) is 2. The van der Waals surface area contributed by atoms with Crippen LogP contribution in [0.2, 0.25) is 0 Å². The van der Waals surface area contributed by atoms with Crippen molar-refractivity contribution in [1.82, 2.24) is 14.9 Å². The van der Waals surface area contributed by atoms with E-state index in [1.165, 1.54) is 13.2 Å². The van der Waals surface area contributed by atoms with Gasteiger partial charge in [-0.2, -0.15) is 0 Å². The number of amides is 2. The van der Waals surface area contributed by atoms with E-state index in [-0.39, 0.29) is 36.3 Å². The molecule has 0 bridgehead atoms. The lowest BCUT2D eigenvalue weighted by Gasteiger charge is -2.31. The van der Waals surface area contributed by atoms with Gasteiger partial charge in [0.15, 0.2) is 0 Å². The Bertz CT molecular complexity index is 1660. The summed E-state index contributed by atoms with van der Waals surface area (Å²) in [5.41, 5.74) is 17.2. The number of aliphatic hydroxyl groups excluding tert-OH is 1. The first-order valence-electron chi connectivity index (χ1n) is 15.4. The van der Waals surface area contributed by atoms with Crippen molar-refractivity contribution in [2.24, 2.45) is 11.5 Å². The summed E-state index contributed by atoms with van der Waals surface area (Å²) in [5.74, 6) is -1.23. The number of carboxylic acid groups (broad SMARTS) is 1. The maximum Gasteiger partial charge on any atom is 0.339 e. The van der Waals surface area contributed by atoms with E-state index in [0.29, 0.717) is 17.0 Å². The van der Waals surface area contributed by atoms with Crippen molar-refractivity contribution in [1.29, 1.82) is 0 Å². The molecule has 11 nitrogen and oxygen atoms in total. The van der Waals surface area contributed by atoms with Crippen LogP contribution in [-0.4, -0.2) is 62.1 Å². The second-order valence-corrected chi connectivity index (χ2v) is 11.6. The highest BCUT2D eigenvalue weighted by Gasteiger charge is 2.29. The van der Waals surface area contributed by atoms with Gasteiger partial charge in [0.1, 0.15) is 17.1 Å². The Hall–Kier alpha value is -5.00. The van der Waals surface area contributed by atoms with Crippen molar-refractivity contribution in [3.63, 3.8) is 0 Å². The first kappa shape index (κ1) is 36.5. The van der Waals surface area contributed by atoms with E-state index >= 15 is 0 Å². The summed E-state index contributed by atoms with van der Waals surface area (Å²) in [6.07, 6.45) is 2.69. The first-order valence-corrected chi connectivity index (χ1v) is 15.4. The van der Waals surface area contributed by atoms with Crippen LogP contribution in [0.15, 0.2) is 66.9 Å². The lowest BCUT2D eigenvalue weighted by Crippen LogP contribution is -2.46. The minimum absolute atomic E-state index is 0.00972. The van der Waals surface area contributed by atoms with Gasteiger partial charge in [-0.05, 0) is 92.6 Å². The molecule has 47 heavy (non-hydrogen) atoms. The quantitative estimate of drug-likeness (QED) is 0.144. The molecule has 4 aromatic rings. The van der Waals surface area contributed by atoms with Gasteiger partial charge >= 0.3 is 5.97 Å². The molecule has 11 heteroatoms. The number of nitrogens with one attached hydrogen (secondary N) is 1. The van der Waals surface area contributed by atoms with Crippen LogP contribution in [0.4, 0.5) is 0 Å². The van der Waals surface area contributed by atoms with Gasteiger partial charge in [0, 0.05) is 12.1 Å². The van der Waals surface area contributed by atoms with Crippen molar-refractivity contribution < 1.29 is 29.3 Å². The monoisotopic (exact) mass is 643 g/mol. The number of aliphatic hydroxyl groups is 1. The van der Waals surface area contributed by atoms with Gasteiger partial charge in [-0.3, -0.25) is 9.59 Å². The molecule has 0 spiro atoms. The summed E-state index contributed by atoms with van der Waals surface area (Å²) in [7, 11) is 1.40. The fraction of sp³-hybridized carbons (Fsp3) is 0.333. The Kier molecular flexibility index (Phi) is 12.8. The summed E-state index contributed by atoms with van der Waals surface area (Å²) in [6, 6.07) is 16.4. The fourth-order valence-corrected chi connectivity index (χ4v) is 5.06. The van der Waals surface area contributed by atoms with Crippen LogP contribution < -0.4 is 16.2 Å².